The molecule has 4 heteroatoms. The first-order valence-corrected chi connectivity index (χ1v) is 9.30. The Bertz CT molecular complexity index is 763. The topological polar surface area (TPSA) is 49.4 Å². The Morgan fingerprint density at radius 2 is 1.58 bits per heavy atom. The van der Waals surface area contributed by atoms with E-state index >= 15 is 0 Å². The number of carbonyl (C=O) groups is 2. The molecule has 2 amide bonds. The molecule has 4 nitrogen and oxygen atoms in total. The van der Waals surface area contributed by atoms with Gasteiger partial charge in [-0.15, -0.1) is 0 Å². The van der Waals surface area contributed by atoms with Crippen LogP contribution in [0.25, 0.3) is 0 Å². The van der Waals surface area contributed by atoms with Crippen LogP contribution in [0.1, 0.15) is 48.5 Å². The summed E-state index contributed by atoms with van der Waals surface area (Å²) in [6, 6.07) is 17.3. The highest BCUT2D eigenvalue weighted by molar-refractivity contribution is 5.95. The largest absolute Gasteiger partial charge is 0.339 e. The highest BCUT2D eigenvalue weighted by Crippen LogP contribution is 2.26. The summed E-state index contributed by atoms with van der Waals surface area (Å²) in [6.07, 6.45) is 1.41. The van der Waals surface area contributed by atoms with E-state index in [0.29, 0.717) is 37.4 Å². The van der Waals surface area contributed by atoms with Crippen LogP contribution in [0.5, 0.6) is 0 Å². The molecule has 1 heterocycles. The Kier molecular flexibility index (Phi) is 5.71. The molecule has 2 aromatic carbocycles. The zero-order chi connectivity index (χ0) is 18.5. The SMILES string of the molecule is CC(C)c1ccccc1NC(=O)C1CCN(C(=O)c2ccccc2)CC1. The van der Waals surface area contributed by atoms with Gasteiger partial charge in [-0.1, -0.05) is 50.2 Å². The van der Waals surface area contributed by atoms with Crippen molar-refractivity contribution in [3.63, 3.8) is 0 Å². The van der Waals surface area contributed by atoms with E-state index in [2.05, 4.69) is 25.2 Å². The van der Waals surface area contributed by atoms with Gasteiger partial charge in [0, 0.05) is 30.3 Å². The zero-order valence-corrected chi connectivity index (χ0v) is 15.4. The van der Waals surface area contributed by atoms with Gasteiger partial charge in [0.15, 0.2) is 0 Å². The van der Waals surface area contributed by atoms with E-state index in [1.54, 1.807) is 0 Å². The number of piperidine rings is 1. The van der Waals surface area contributed by atoms with Crippen molar-refractivity contribution in [2.24, 2.45) is 5.92 Å². The van der Waals surface area contributed by atoms with Crippen molar-refractivity contribution in [3.8, 4) is 0 Å². The molecule has 0 aliphatic carbocycles. The van der Waals surface area contributed by atoms with Crippen LogP contribution >= 0.6 is 0 Å². The van der Waals surface area contributed by atoms with E-state index in [-0.39, 0.29) is 17.7 Å². The van der Waals surface area contributed by atoms with Crippen molar-refractivity contribution in [2.75, 3.05) is 18.4 Å². The molecule has 0 unspecified atom stereocenters. The third-order valence-electron chi connectivity index (χ3n) is 5.01. The van der Waals surface area contributed by atoms with E-state index in [1.165, 1.54) is 0 Å². The van der Waals surface area contributed by atoms with Gasteiger partial charge in [-0.3, -0.25) is 9.59 Å². The van der Waals surface area contributed by atoms with E-state index in [0.717, 1.165) is 11.3 Å². The number of nitrogens with one attached hydrogen (secondary N) is 1. The number of anilines is 1. The van der Waals surface area contributed by atoms with Gasteiger partial charge in [-0.2, -0.15) is 0 Å². The average Bonchev–Trinajstić information content (AvgIpc) is 2.68. The first kappa shape index (κ1) is 18.2. The second-order valence-corrected chi connectivity index (χ2v) is 7.16. The molecule has 1 aliphatic heterocycles. The first-order valence-electron chi connectivity index (χ1n) is 9.30. The van der Waals surface area contributed by atoms with E-state index in [1.807, 2.05) is 53.4 Å². The molecule has 0 aromatic heterocycles. The molecule has 2 aromatic rings. The molecule has 3 rings (SSSR count). The molecule has 0 saturated carbocycles. The van der Waals surface area contributed by atoms with Crippen LogP contribution in [-0.2, 0) is 4.79 Å². The van der Waals surface area contributed by atoms with E-state index in [4.69, 9.17) is 0 Å². The van der Waals surface area contributed by atoms with Crippen molar-refractivity contribution >= 4 is 17.5 Å². The number of rotatable bonds is 4. The van der Waals surface area contributed by atoms with Gasteiger partial charge in [0.1, 0.15) is 0 Å². The van der Waals surface area contributed by atoms with Crippen LogP contribution in [-0.4, -0.2) is 29.8 Å². The van der Waals surface area contributed by atoms with Crippen LogP contribution in [0.2, 0.25) is 0 Å². The zero-order valence-electron chi connectivity index (χ0n) is 15.4. The summed E-state index contributed by atoms with van der Waals surface area (Å²) in [5.41, 5.74) is 2.76. The fraction of sp³-hybridized carbons (Fsp3) is 0.364. The summed E-state index contributed by atoms with van der Waals surface area (Å²) in [5, 5.41) is 3.09. The summed E-state index contributed by atoms with van der Waals surface area (Å²) >= 11 is 0. The molecule has 1 fully saturated rings. The number of amides is 2. The predicted molar refractivity (Wildman–Crippen MR) is 104 cm³/mol. The molecule has 1 saturated heterocycles. The first-order chi connectivity index (χ1) is 12.6. The molecule has 1 N–H and O–H groups in total. The van der Waals surface area contributed by atoms with E-state index in [9.17, 15) is 9.59 Å². The van der Waals surface area contributed by atoms with Crippen molar-refractivity contribution < 1.29 is 9.59 Å². The maximum Gasteiger partial charge on any atom is 0.253 e. The Morgan fingerprint density at radius 1 is 0.962 bits per heavy atom. The number of nitrogens with zero attached hydrogens (tertiary/aromatic N) is 1. The van der Waals surface area contributed by atoms with Gasteiger partial charge in [-0.25, -0.2) is 0 Å². The van der Waals surface area contributed by atoms with Crippen LogP contribution in [0, 0.1) is 5.92 Å². The molecular weight excluding hydrogens is 324 g/mol. The van der Waals surface area contributed by atoms with Crippen LogP contribution in [0.3, 0.4) is 0 Å². The third-order valence-corrected chi connectivity index (χ3v) is 5.01. The van der Waals surface area contributed by atoms with Crippen LogP contribution in [0.4, 0.5) is 5.69 Å². The minimum atomic E-state index is -0.0463. The Morgan fingerprint density at radius 3 is 2.23 bits per heavy atom. The standard InChI is InChI=1S/C22H26N2O2/c1-16(2)19-10-6-7-11-20(19)23-21(25)17-12-14-24(15-13-17)22(26)18-8-4-3-5-9-18/h3-11,16-17H,12-15H2,1-2H3,(H,23,25). The average molecular weight is 350 g/mol. The van der Waals surface area contributed by atoms with E-state index < -0.39 is 0 Å². The number of hydrogen-bond acceptors (Lipinski definition) is 2. The molecule has 0 radical (unpaired) electrons. The molecular formula is C22H26N2O2. The Labute approximate surface area is 155 Å². The van der Waals surface area contributed by atoms with Gasteiger partial charge < -0.3 is 10.2 Å². The Balaban J connectivity index is 1.58. The summed E-state index contributed by atoms with van der Waals surface area (Å²) in [7, 11) is 0. The summed E-state index contributed by atoms with van der Waals surface area (Å²) < 4.78 is 0. The molecule has 0 atom stereocenters. The van der Waals surface area contributed by atoms with Crippen LogP contribution < -0.4 is 5.32 Å². The summed E-state index contributed by atoms with van der Waals surface area (Å²) in [5.74, 6) is 0.423. The Hall–Kier alpha value is -2.62. The normalized spacial score (nSPS) is 15.1. The predicted octanol–water partition coefficient (Wildman–Crippen LogP) is 4.30. The highest BCUT2D eigenvalue weighted by Gasteiger charge is 2.28. The maximum atomic E-state index is 12.7. The lowest BCUT2D eigenvalue weighted by Crippen LogP contribution is -2.41. The quantitative estimate of drug-likeness (QED) is 0.894. The van der Waals surface area contributed by atoms with Gasteiger partial charge >= 0.3 is 0 Å². The smallest absolute Gasteiger partial charge is 0.253 e. The fourth-order valence-corrected chi connectivity index (χ4v) is 3.46. The molecule has 136 valence electrons. The lowest BCUT2D eigenvalue weighted by atomic mass is 9.94. The highest BCUT2D eigenvalue weighted by atomic mass is 16.2. The van der Waals surface area contributed by atoms with Gasteiger partial charge in [0.2, 0.25) is 5.91 Å². The number of benzene rings is 2. The summed E-state index contributed by atoms with van der Waals surface area (Å²) in [6.45, 7) is 5.49. The van der Waals surface area contributed by atoms with Crippen molar-refractivity contribution in [2.45, 2.75) is 32.6 Å². The molecule has 0 bridgehead atoms. The minimum absolute atomic E-state index is 0.0463. The van der Waals surface area contributed by atoms with Gasteiger partial charge in [0.25, 0.3) is 5.91 Å². The maximum absolute atomic E-state index is 12.7. The minimum Gasteiger partial charge on any atom is -0.339 e. The second kappa shape index (κ2) is 8.17. The fourth-order valence-electron chi connectivity index (χ4n) is 3.46. The van der Waals surface area contributed by atoms with Crippen molar-refractivity contribution in [3.05, 3.63) is 65.7 Å². The lowest BCUT2D eigenvalue weighted by molar-refractivity contribution is -0.121. The van der Waals surface area contributed by atoms with Crippen molar-refractivity contribution in [1.29, 1.82) is 0 Å². The lowest BCUT2D eigenvalue weighted by Gasteiger charge is -2.31. The number of likely N-dealkylation sites (tertiary alicyclic amines) is 1. The number of carbonyl (C=O) groups excluding carboxylic acids is 2. The number of para-hydroxylation sites is 1. The van der Waals surface area contributed by atoms with Crippen LogP contribution in [0.15, 0.2) is 54.6 Å². The number of hydrogen-bond donors (Lipinski definition) is 1. The van der Waals surface area contributed by atoms with Gasteiger partial charge in [-0.05, 0) is 42.5 Å². The summed E-state index contributed by atoms with van der Waals surface area (Å²) in [4.78, 5) is 27.0. The monoisotopic (exact) mass is 350 g/mol. The molecule has 1 aliphatic rings. The molecule has 26 heavy (non-hydrogen) atoms. The van der Waals surface area contributed by atoms with Crippen molar-refractivity contribution in [1.82, 2.24) is 4.90 Å². The molecule has 0 spiro atoms. The third kappa shape index (κ3) is 4.13. The second-order valence-electron chi connectivity index (χ2n) is 7.16. The van der Waals surface area contributed by atoms with Gasteiger partial charge in [0.05, 0.1) is 0 Å².